The molecule has 0 aliphatic carbocycles. The fraction of sp³-hybridized carbons (Fsp3) is 0.600. The van der Waals surface area contributed by atoms with Crippen molar-refractivity contribution in [3.05, 3.63) is 23.8 Å². The van der Waals surface area contributed by atoms with Crippen molar-refractivity contribution in [3.8, 4) is 11.5 Å². The summed E-state index contributed by atoms with van der Waals surface area (Å²) in [5.41, 5.74) is 0.648. The minimum absolute atomic E-state index is 0.101. The second-order valence-corrected chi connectivity index (χ2v) is 5.72. The highest BCUT2D eigenvalue weighted by atomic mass is 16.5. The number of benzene rings is 1. The Morgan fingerprint density at radius 2 is 1.84 bits per heavy atom. The van der Waals surface area contributed by atoms with Crippen LogP contribution in [-0.2, 0) is 4.74 Å². The molecule has 19 heavy (non-hydrogen) atoms. The summed E-state index contributed by atoms with van der Waals surface area (Å²) in [6.07, 6.45) is 0.954. The molecule has 1 atom stereocenters. The van der Waals surface area contributed by atoms with Crippen molar-refractivity contribution in [1.82, 2.24) is 5.32 Å². The molecule has 4 heteroatoms. The average Bonchev–Trinajstić information content (AvgIpc) is 2.34. The zero-order valence-corrected chi connectivity index (χ0v) is 12.2. The van der Waals surface area contributed by atoms with Crippen molar-refractivity contribution >= 4 is 0 Å². The number of methoxy groups -OCH3 is 1. The lowest BCUT2D eigenvalue weighted by Crippen LogP contribution is -2.32. The van der Waals surface area contributed by atoms with E-state index in [2.05, 4.69) is 19.2 Å². The Balaban J connectivity index is 2.63. The quantitative estimate of drug-likeness (QED) is 0.711. The Hall–Kier alpha value is -1.26. The minimum Gasteiger partial charge on any atom is -0.507 e. The molecule has 1 aromatic carbocycles. The number of rotatable bonds is 7. The summed E-state index contributed by atoms with van der Waals surface area (Å²) in [4.78, 5) is 0. The number of ether oxygens (including phenoxy) is 1. The van der Waals surface area contributed by atoms with Gasteiger partial charge in [0.15, 0.2) is 0 Å². The summed E-state index contributed by atoms with van der Waals surface area (Å²) in [5, 5.41) is 23.0. The summed E-state index contributed by atoms with van der Waals surface area (Å²) < 4.78 is 5.10. The minimum atomic E-state index is -0.108. The maximum Gasteiger partial charge on any atom is 0.124 e. The van der Waals surface area contributed by atoms with Crippen molar-refractivity contribution < 1.29 is 14.9 Å². The van der Waals surface area contributed by atoms with Crippen LogP contribution < -0.4 is 5.32 Å². The van der Waals surface area contributed by atoms with Gasteiger partial charge < -0.3 is 20.3 Å². The van der Waals surface area contributed by atoms with Crippen molar-refractivity contribution in [1.29, 1.82) is 0 Å². The molecule has 3 N–H and O–H groups in total. The van der Waals surface area contributed by atoms with E-state index < -0.39 is 0 Å². The maximum absolute atomic E-state index is 9.81. The van der Waals surface area contributed by atoms with Crippen LogP contribution in [0.5, 0.6) is 11.5 Å². The molecule has 4 nitrogen and oxygen atoms in total. The van der Waals surface area contributed by atoms with Crippen LogP contribution in [0.1, 0.15) is 38.8 Å². The molecule has 1 rings (SSSR count). The molecule has 0 spiro atoms. The predicted molar refractivity (Wildman–Crippen MR) is 76.5 cm³/mol. The van der Waals surface area contributed by atoms with Gasteiger partial charge in [0, 0.05) is 26.3 Å². The van der Waals surface area contributed by atoms with E-state index >= 15 is 0 Å². The average molecular weight is 267 g/mol. The van der Waals surface area contributed by atoms with Crippen LogP contribution in [0.15, 0.2) is 18.2 Å². The van der Waals surface area contributed by atoms with E-state index in [-0.39, 0.29) is 23.0 Å². The zero-order valence-electron chi connectivity index (χ0n) is 12.2. The third-order valence-electron chi connectivity index (χ3n) is 3.36. The Labute approximate surface area is 115 Å². The molecular formula is C15H25NO3. The van der Waals surface area contributed by atoms with Crippen molar-refractivity contribution in [2.75, 3.05) is 20.3 Å². The summed E-state index contributed by atoms with van der Waals surface area (Å²) in [6.45, 7) is 7.77. The fourth-order valence-corrected chi connectivity index (χ4v) is 1.98. The van der Waals surface area contributed by atoms with Gasteiger partial charge in [0.25, 0.3) is 0 Å². The second-order valence-electron chi connectivity index (χ2n) is 5.72. The van der Waals surface area contributed by atoms with Crippen LogP contribution in [0.2, 0.25) is 0 Å². The lowest BCUT2D eigenvalue weighted by atomic mass is 9.89. The summed E-state index contributed by atoms with van der Waals surface area (Å²) in [7, 11) is 1.70. The van der Waals surface area contributed by atoms with E-state index in [0.717, 1.165) is 19.6 Å². The second kappa shape index (κ2) is 6.78. The highest BCUT2D eigenvalue weighted by Crippen LogP contribution is 2.32. The lowest BCUT2D eigenvalue weighted by molar-refractivity contribution is 0.149. The highest BCUT2D eigenvalue weighted by molar-refractivity contribution is 5.44. The SMILES string of the molecule is COCCC(C)(C)CNC(C)c1c(O)cccc1O. The van der Waals surface area contributed by atoms with Crippen molar-refractivity contribution in [2.45, 2.75) is 33.2 Å². The maximum atomic E-state index is 9.81. The predicted octanol–water partition coefficient (Wildman–Crippen LogP) is 2.81. The molecule has 1 aromatic rings. The van der Waals surface area contributed by atoms with E-state index in [0.29, 0.717) is 5.56 Å². The Morgan fingerprint density at radius 3 is 2.37 bits per heavy atom. The van der Waals surface area contributed by atoms with Gasteiger partial charge in [-0.05, 0) is 30.9 Å². The van der Waals surface area contributed by atoms with Gasteiger partial charge in [0.2, 0.25) is 0 Å². The van der Waals surface area contributed by atoms with E-state index in [4.69, 9.17) is 4.74 Å². The molecule has 108 valence electrons. The number of aromatic hydroxyl groups is 2. The van der Waals surface area contributed by atoms with Gasteiger partial charge in [-0.15, -0.1) is 0 Å². The third kappa shape index (κ3) is 4.73. The number of hydrogen-bond acceptors (Lipinski definition) is 4. The molecular weight excluding hydrogens is 242 g/mol. The van der Waals surface area contributed by atoms with E-state index in [1.54, 1.807) is 25.3 Å². The topological polar surface area (TPSA) is 61.7 Å². The molecule has 0 aliphatic heterocycles. The van der Waals surface area contributed by atoms with Gasteiger partial charge in [0.1, 0.15) is 11.5 Å². The van der Waals surface area contributed by atoms with Gasteiger partial charge in [-0.3, -0.25) is 0 Å². The molecule has 0 aromatic heterocycles. The Bertz CT molecular complexity index is 384. The molecule has 0 bridgehead atoms. The summed E-state index contributed by atoms with van der Waals surface area (Å²) in [5.74, 6) is 0.240. The number of hydrogen-bond donors (Lipinski definition) is 3. The fourth-order valence-electron chi connectivity index (χ4n) is 1.98. The Morgan fingerprint density at radius 1 is 1.26 bits per heavy atom. The van der Waals surface area contributed by atoms with Gasteiger partial charge in [-0.25, -0.2) is 0 Å². The van der Waals surface area contributed by atoms with E-state index in [9.17, 15) is 10.2 Å². The first-order valence-electron chi connectivity index (χ1n) is 6.60. The molecule has 0 heterocycles. The van der Waals surface area contributed by atoms with Crippen molar-refractivity contribution in [2.24, 2.45) is 5.41 Å². The number of phenolic OH excluding ortho intramolecular Hbond substituents is 2. The van der Waals surface area contributed by atoms with Gasteiger partial charge in [-0.2, -0.15) is 0 Å². The summed E-state index contributed by atoms with van der Waals surface area (Å²) in [6, 6.07) is 4.69. The van der Waals surface area contributed by atoms with Crippen LogP contribution >= 0.6 is 0 Å². The Kier molecular flexibility index (Phi) is 5.63. The molecule has 1 unspecified atom stereocenters. The van der Waals surface area contributed by atoms with E-state index in [1.807, 2.05) is 6.92 Å². The number of phenols is 2. The molecule has 0 saturated carbocycles. The first-order chi connectivity index (χ1) is 8.87. The molecule has 0 amide bonds. The van der Waals surface area contributed by atoms with Crippen LogP contribution in [-0.4, -0.2) is 30.5 Å². The first kappa shape index (κ1) is 15.8. The van der Waals surface area contributed by atoms with Gasteiger partial charge in [0.05, 0.1) is 5.56 Å². The van der Waals surface area contributed by atoms with Crippen LogP contribution in [0.4, 0.5) is 0 Å². The summed E-state index contributed by atoms with van der Waals surface area (Å²) >= 11 is 0. The lowest BCUT2D eigenvalue weighted by Gasteiger charge is -2.27. The number of nitrogens with one attached hydrogen (secondary N) is 1. The van der Waals surface area contributed by atoms with Gasteiger partial charge >= 0.3 is 0 Å². The van der Waals surface area contributed by atoms with Crippen LogP contribution in [0.3, 0.4) is 0 Å². The normalized spacial score (nSPS) is 13.5. The van der Waals surface area contributed by atoms with Crippen molar-refractivity contribution in [3.63, 3.8) is 0 Å². The molecule has 0 fully saturated rings. The van der Waals surface area contributed by atoms with Crippen LogP contribution in [0, 0.1) is 5.41 Å². The standard InChI is InChI=1S/C15H25NO3/c1-11(14-12(17)6-5-7-13(14)18)16-10-15(2,3)8-9-19-4/h5-7,11,16-18H,8-10H2,1-4H3. The van der Waals surface area contributed by atoms with E-state index in [1.165, 1.54) is 0 Å². The zero-order chi connectivity index (χ0) is 14.5. The third-order valence-corrected chi connectivity index (χ3v) is 3.36. The largest absolute Gasteiger partial charge is 0.507 e. The molecule has 0 saturated heterocycles. The molecule has 0 radical (unpaired) electrons. The van der Waals surface area contributed by atoms with Crippen LogP contribution in [0.25, 0.3) is 0 Å². The smallest absolute Gasteiger partial charge is 0.124 e. The molecule has 0 aliphatic rings. The monoisotopic (exact) mass is 267 g/mol. The first-order valence-corrected chi connectivity index (χ1v) is 6.60. The highest BCUT2D eigenvalue weighted by Gasteiger charge is 2.21. The van der Waals surface area contributed by atoms with Gasteiger partial charge in [-0.1, -0.05) is 19.9 Å².